The molecule has 0 radical (unpaired) electrons. The standard InChI is InChI=1S/C42H61N5O14Si3/c1-27(2)38(51)45-41-44-37-33(39(52)46-41)43-26-47(37)40-35(59-42(55-23-21-53-28(3)48)56-24-22-54-29(4)49)34(50)32(58-40)25-57-64(60-62(5,6)7,61-63(8,9)10)36(30-17-13-11-14-18-30)31-19-15-12-16-20-31/h11-20,26-27,32,34-36,40,42,50H,21-25H2,1-10H3,(H2,44,45,46,51,52)/t32-,34?,35+,40-/m1/s1. The van der Waals surface area contributed by atoms with Gasteiger partial charge in [0.15, 0.2) is 34.0 Å². The van der Waals surface area contributed by atoms with Crippen molar-refractivity contribution in [2.75, 3.05) is 38.4 Å². The summed E-state index contributed by atoms with van der Waals surface area (Å²) in [6.07, 6.45) is -3.96. The topological polar surface area (TPSA) is 230 Å². The molecular formula is C42H61N5O14Si3. The van der Waals surface area contributed by atoms with E-state index in [1.165, 1.54) is 24.7 Å². The average Bonchev–Trinajstić information content (AvgIpc) is 3.76. The fourth-order valence-corrected chi connectivity index (χ4v) is 17.3. The maximum absolute atomic E-state index is 13.3. The van der Waals surface area contributed by atoms with E-state index in [9.17, 15) is 24.3 Å². The molecule has 0 aliphatic carbocycles. The number of ether oxygens (including phenoxy) is 6. The van der Waals surface area contributed by atoms with Crippen LogP contribution in [0.1, 0.15) is 50.6 Å². The highest BCUT2D eigenvalue weighted by Crippen LogP contribution is 2.41. The van der Waals surface area contributed by atoms with Crippen LogP contribution in [0.15, 0.2) is 71.8 Å². The highest BCUT2D eigenvalue weighted by molar-refractivity contribution is 6.86. The Hall–Kier alpha value is -4.47. The minimum absolute atomic E-state index is 0.000601. The van der Waals surface area contributed by atoms with Gasteiger partial charge in [-0.1, -0.05) is 74.5 Å². The summed E-state index contributed by atoms with van der Waals surface area (Å²) in [7, 11) is -8.89. The number of amides is 1. The van der Waals surface area contributed by atoms with Crippen LogP contribution in [0.25, 0.3) is 11.2 Å². The fraction of sp³-hybridized carbons (Fsp3) is 0.524. The first-order valence-corrected chi connectivity index (χ1v) is 29.7. The smallest absolute Gasteiger partial charge is 0.463 e. The number of carbonyl (C=O) groups is 3. The molecule has 3 N–H and O–H groups in total. The number of nitrogens with one attached hydrogen (secondary N) is 2. The number of imidazole rings is 1. The number of carbonyl (C=O) groups excluding carboxylic acids is 3. The maximum Gasteiger partial charge on any atom is 0.492 e. The van der Waals surface area contributed by atoms with Gasteiger partial charge in [0.25, 0.3) is 12.0 Å². The lowest BCUT2D eigenvalue weighted by Crippen LogP contribution is -2.62. The van der Waals surface area contributed by atoms with Gasteiger partial charge in [0.05, 0.1) is 31.7 Å². The van der Waals surface area contributed by atoms with E-state index in [4.69, 9.17) is 41.1 Å². The molecule has 64 heavy (non-hydrogen) atoms. The molecule has 1 unspecified atom stereocenters. The monoisotopic (exact) mass is 943 g/mol. The molecule has 1 aliphatic rings. The largest absolute Gasteiger partial charge is 0.492 e. The van der Waals surface area contributed by atoms with Crippen LogP contribution in [-0.2, 0) is 55.5 Å². The van der Waals surface area contributed by atoms with E-state index in [1.807, 2.05) is 60.7 Å². The van der Waals surface area contributed by atoms with E-state index in [-0.39, 0.29) is 50.1 Å². The molecule has 19 nitrogen and oxygen atoms in total. The third kappa shape index (κ3) is 14.0. The molecule has 0 spiro atoms. The first-order chi connectivity index (χ1) is 30.2. The predicted molar refractivity (Wildman–Crippen MR) is 241 cm³/mol. The molecule has 1 aliphatic heterocycles. The summed E-state index contributed by atoms with van der Waals surface area (Å²) < 4.78 is 57.7. The maximum atomic E-state index is 13.3. The third-order valence-corrected chi connectivity index (χ3v) is 18.4. The van der Waals surface area contributed by atoms with Gasteiger partial charge in [-0.3, -0.25) is 34.0 Å². The molecule has 0 saturated carbocycles. The van der Waals surface area contributed by atoms with Gasteiger partial charge >= 0.3 is 20.7 Å². The second-order valence-electron chi connectivity index (χ2n) is 17.3. The molecule has 4 atom stereocenters. The SMILES string of the molecule is CC(=O)OCCOC(OCCOC(C)=O)O[C@H]1C(O)[C@@H](CO[Si](O[Si](C)(C)C)(O[Si](C)(C)C)C(c2ccccc2)c2ccccc2)O[C@H]1n1cnc2c(=O)[nH]c(NC(=O)C(C)C)nc21. The van der Waals surface area contributed by atoms with Gasteiger partial charge in [-0.05, 0) is 50.4 Å². The minimum atomic E-state index is -3.92. The zero-order chi connectivity index (χ0) is 46.8. The van der Waals surface area contributed by atoms with E-state index >= 15 is 0 Å². The molecular weight excluding hydrogens is 883 g/mol. The Bertz CT molecular complexity index is 2140. The number of hydrogen-bond donors (Lipinski definition) is 3. The Morgan fingerprint density at radius 1 is 0.844 bits per heavy atom. The van der Waals surface area contributed by atoms with Crippen molar-refractivity contribution in [1.29, 1.82) is 0 Å². The number of aromatic amines is 1. The van der Waals surface area contributed by atoms with Crippen molar-refractivity contribution in [1.82, 2.24) is 19.5 Å². The molecule has 350 valence electrons. The molecule has 1 amide bonds. The highest BCUT2D eigenvalue weighted by atomic mass is 28.5. The summed E-state index contributed by atoms with van der Waals surface area (Å²) in [6.45, 7) is 15.8. The number of nitrogens with zero attached hydrogens (tertiary/aromatic N) is 3. The van der Waals surface area contributed by atoms with E-state index in [1.54, 1.807) is 13.8 Å². The number of hydrogen-bond acceptors (Lipinski definition) is 16. The predicted octanol–water partition coefficient (Wildman–Crippen LogP) is 4.83. The number of anilines is 1. The fourth-order valence-electron chi connectivity index (χ4n) is 6.80. The van der Waals surface area contributed by atoms with Crippen molar-refractivity contribution >= 4 is 60.4 Å². The Labute approximate surface area is 375 Å². The second-order valence-corrected chi connectivity index (χ2v) is 29.5. The van der Waals surface area contributed by atoms with Crippen molar-refractivity contribution in [3.63, 3.8) is 0 Å². The van der Waals surface area contributed by atoms with Gasteiger partial charge < -0.3 is 46.2 Å². The van der Waals surface area contributed by atoms with Crippen LogP contribution in [0, 0.1) is 5.92 Å². The van der Waals surface area contributed by atoms with Crippen molar-refractivity contribution in [3.8, 4) is 0 Å². The molecule has 22 heteroatoms. The minimum Gasteiger partial charge on any atom is -0.463 e. The lowest BCUT2D eigenvalue weighted by molar-refractivity contribution is -0.320. The summed E-state index contributed by atoms with van der Waals surface area (Å²) in [6, 6.07) is 19.8. The van der Waals surface area contributed by atoms with Crippen LogP contribution in [-0.4, -0.2) is 126 Å². The molecule has 3 heterocycles. The lowest BCUT2D eigenvalue weighted by Gasteiger charge is -2.44. The number of aliphatic hydroxyl groups excluding tert-OH is 1. The number of fused-ring (bicyclic) bond motifs is 1. The van der Waals surface area contributed by atoms with Gasteiger partial charge in [-0.2, -0.15) is 4.98 Å². The van der Waals surface area contributed by atoms with E-state index in [0.717, 1.165) is 11.1 Å². The number of rotatable bonds is 23. The van der Waals surface area contributed by atoms with Gasteiger partial charge in [-0.25, -0.2) is 4.98 Å². The van der Waals surface area contributed by atoms with Crippen molar-refractivity contribution in [3.05, 3.63) is 88.5 Å². The summed E-state index contributed by atoms with van der Waals surface area (Å²) in [5, 5.41) is 15.0. The van der Waals surface area contributed by atoms with Crippen LogP contribution < -0.4 is 10.9 Å². The van der Waals surface area contributed by atoms with Crippen LogP contribution in [0.3, 0.4) is 0 Å². The zero-order valence-corrected chi connectivity index (χ0v) is 41.0. The van der Waals surface area contributed by atoms with Crippen molar-refractivity contribution in [2.45, 2.75) is 104 Å². The van der Waals surface area contributed by atoms with E-state index in [0.29, 0.717) is 0 Å². The van der Waals surface area contributed by atoms with Gasteiger partial charge in [0.2, 0.25) is 11.9 Å². The Kier molecular flexibility index (Phi) is 17.5. The van der Waals surface area contributed by atoms with Crippen LogP contribution >= 0.6 is 0 Å². The second kappa shape index (κ2) is 22.1. The molecule has 0 bridgehead atoms. The van der Waals surface area contributed by atoms with Crippen LogP contribution in [0.4, 0.5) is 5.95 Å². The molecule has 4 aromatic rings. The average molecular weight is 944 g/mol. The number of aromatic nitrogens is 4. The number of esters is 2. The molecule has 5 rings (SSSR count). The molecule has 1 saturated heterocycles. The molecule has 2 aromatic carbocycles. The quantitative estimate of drug-likeness (QED) is 0.0391. The first kappa shape index (κ1) is 50.5. The summed E-state index contributed by atoms with van der Waals surface area (Å²) in [5.74, 6) is -2.02. The summed E-state index contributed by atoms with van der Waals surface area (Å²) >= 11 is 0. The third-order valence-electron chi connectivity index (χ3n) is 9.30. The Balaban J connectivity index is 1.59. The highest BCUT2D eigenvalue weighted by Gasteiger charge is 2.57. The number of aliphatic hydroxyl groups is 1. The Morgan fingerprint density at radius 3 is 1.86 bits per heavy atom. The van der Waals surface area contributed by atoms with Crippen molar-refractivity contribution < 1.29 is 60.6 Å². The Morgan fingerprint density at radius 2 is 1.38 bits per heavy atom. The van der Waals surface area contributed by atoms with Crippen molar-refractivity contribution in [2.24, 2.45) is 5.92 Å². The number of benzene rings is 2. The lowest BCUT2D eigenvalue weighted by atomic mass is 10.0. The normalized spacial score (nSPS) is 18.3. The summed E-state index contributed by atoms with van der Waals surface area (Å²) in [4.78, 5) is 60.3. The van der Waals surface area contributed by atoms with Crippen LogP contribution in [0.5, 0.6) is 0 Å². The van der Waals surface area contributed by atoms with E-state index < -0.39 is 91.3 Å². The summed E-state index contributed by atoms with van der Waals surface area (Å²) in [5.41, 5.74) is 0.630. The molecule has 1 fully saturated rings. The van der Waals surface area contributed by atoms with Gasteiger partial charge in [0.1, 0.15) is 31.5 Å². The first-order valence-electron chi connectivity index (χ1n) is 21.1. The zero-order valence-electron chi connectivity index (χ0n) is 38.0. The van der Waals surface area contributed by atoms with Gasteiger partial charge in [-0.15, -0.1) is 0 Å². The van der Waals surface area contributed by atoms with Gasteiger partial charge in [0, 0.05) is 19.8 Å². The molecule has 2 aromatic heterocycles. The van der Waals surface area contributed by atoms with E-state index in [2.05, 4.69) is 59.6 Å². The van der Waals surface area contributed by atoms with Crippen LogP contribution in [0.2, 0.25) is 39.3 Å². The number of H-pyrrole nitrogens is 1.